The summed E-state index contributed by atoms with van der Waals surface area (Å²) in [5.74, 6) is 0.949. The number of thiocarbonyl (C=S) groups is 1. The van der Waals surface area contributed by atoms with E-state index in [0.29, 0.717) is 10.8 Å². The van der Waals surface area contributed by atoms with Gasteiger partial charge in [-0.1, -0.05) is 18.2 Å². The number of ether oxygens (including phenoxy) is 2. The number of nitrogens with one attached hydrogen (secondary N) is 1. The fourth-order valence-corrected chi connectivity index (χ4v) is 3.55. The van der Waals surface area contributed by atoms with E-state index in [2.05, 4.69) is 21.0 Å². The summed E-state index contributed by atoms with van der Waals surface area (Å²) in [6.07, 6.45) is 0. The molecular weight excluding hydrogens is 396 g/mol. The zero-order chi connectivity index (χ0) is 20.8. The van der Waals surface area contributed by atoms with Gasteiger partial charge in [0.15, 0.2) is 5.11 Å². The van der Waals surface area contributed by atoms with Crippen LogP contribution < -0.4 is 14.8 Å². The van der Waals surface area contributed by atoms with Gasteiger partial charge in [0, 0.05) is 32.7 Å². The van der Waals surface area contributed by atoms with Gasteiger partial charge in [-0.3, -0.25) is 4.90 Å². The van der Waals surface area contributed by atoms with Crippen molar-refractivity contribution < 1.29 is 18.3 Å². The Bertz CT molecular complexity index is 842. The van der Waals surface area contributed by atoms with Crippen LogP contribution in [0.25, 0.3) is 0 Å². The third kappa shape index (κ3) is 6.01. The van der Waals surface area contributed by atoms with Crippen molar-refractivity contribution in [2.45, 2.75) is 20.1 Å². The average Bonchev–Trinajstić information content (AvgIpc) is 2.70. The van der Waals surface area contributed by atoms with Crippen LogP contribution in [-0.2, 0) is 6.54 Å². The molecule has 2 aromatic carbocycles. The minimum absolute atomic E-state index is 0.0963. The molecule has 0 unspecified atom stereocenters. The molecule has 1 heterocycles. The van der Waals surface area contributed by atoms with E-state index in [1.165, 1.54) is 5.56 Å². The molecule has 1 aliphatic heterocycles. The highest BCUT2D eigenvalue weighted by Crippen LogP contribution is 2.28. The fraction of sp³-hybridized carbons (Fsp3) is 0.381. The largest absolute Gasteiger partial charge is 0.497 e. The van der Waals surface area contributed by atoms with Crippen molar-refractivity contribution in [2.75, 3.05) is 38.6 Å². The second-order valence-electron chi connectivity index (χ2n) is 6.92. The number of nitrogens with zero attached hydrogens (tertiary/aromatic N) is 2. The van der Waals surface area contributed by atoms with Crippen molar-refractivity contribution in [3.63, 3.8) is 0 Å². The van der Waals surface area contributed by atoms with E-state index in [0.717, 1.165) is 44.0 Å². The number of halogens is 2. The van der Waals surface area contributed by atoms with Crippen LogP contribution in [0.1, 0.15) is 11.1 Å². The molecule has 1 fully saturated rings. The van der Waals surface area contributed by atoms with Crippen molar-refractivity contribution in [1.82, 2.24) is 9.80 Å². The van der Waals surface area contributed by atoms with Crippen LogP contribution in [0, 0.1) is 6.92 Å². The van der Waals surface area contributed by atoms with Gasteiger partial charge in [0.1, 0.15) is 11.5 Å². The van der Waals surface area contributed by atoms with Crippen molar-refractivity contribution in [3.05, 3.63) is 53.6 Å². The molecule has 0 spiro atoms. The van der Waals surface area contributed by atoms with Crippen LogP contribution in [0.3, 0.4) is 0 Å². The summed E-state index contributed by atoms with van der Waals surface area (Å²) < 4.78 is 35.3. The van der Waals surface area contributed by atoms with Gasteiger partial charge in [0.2, 0.25) is 0 Å². The highest BCUT2D eigenvalue weighted by Gasteiger charge is 2.20. The number of rotatable bonds is 6. The van der Waals surface area contributed by atoms with Crippen LogP contribution in [-0.4, -0.2) is 54.8 Å². The van der Waals surface area contributed by atoms with E-state index in [9.17, 15) is 8.78 Å². The Kier molecular flexibility index (Phi) is 7.22. The topological polar surface area (TPSA) is 37.0 Å². The second kappa shape index (κ2) is 9.84. The molecule has 8 heteroatoms. The molecule has 156 valence electrons. The first-order valence-corrected chi connectivity index (χ1v) is 9.82. The maximum atomic E-state index is 12.7. The van der Waals surface area contributed by atoms with Gasteiger partial charge in [0.05, 0.1) is 12.8 Å². The molecule has 5 nitrogen and oxygen atoms in total. The molecule has 1 N–H and O–H groups in total. The highest BCUT2D eigenvalue weighted by molar-refractivity contribution is 7.80. The smallest absolute Gasteiger partial charge is 0.387 e. The minimum Gasteiger partial charge on any atom is -0.497 e. The van der Waals surface area contributed by atoms with E-state index >= 15 is 0 Å². The molecule has 0 aliphatic carbocycles. The van der Waals surface area contributed by atoms with E-state index in [-0.39, 0.29) is 5.75 Å². The maximum Gasteiger partial charge on any atom is 0.387 e. The van der Waals surface area contributed by atoms with Crippen molar-refractivity contribution >= 4 is 23.0 Å². The van der Waals surface area contributed by atoms with Crippen LogP contribution in [0.4, 0.5) is 14.5 Å². The Labute approximate surface area is 175 Å². The quantitative estimate of drug-likeness (QED) is 0.708. The molecule has 2 aromatic rings. The number of piperazine rings is 1. The number of hydrogen-bond acceptors (Lipinski definition) is 4. The molecule has 0 bridgehead atoms. The van der Waals surface area contributed by atoms with Gasteiger partial charge in [-0.05, 0) is 54.5 Å². The molecule has 0 saturated carbocycles. The highest BCUT2D eigenvalue weighted by atomic mass is 32.1. The van der Waals surface area contributed by atoms with Gasteiger partial charge in [-0.25, -0.2) is 0 Å². The van der Waals surface area contributed by atoms with E-state index in [4.69, 9.17) is 17.0 Å². The Hall–Kier alpha value is -2.45. The zero-order valence-electron chi connectivity index (χ0n) is 16.5. The Morgan fingerprint density at radius 3 is 2.59 bits per heavy atom. The standard InChI is InChI=1S/C21H25F2N3O2S/c1-15-6-7-18(19(12-15)28-20(22)23)24-21(29)26-10-8-25(9-11-26)14-16-4-3-5-17(13-16)27-2/h3-7,12-13,20H,8-11,14H2,1-2H3,(H,24,29). The van der Waals surface area contributed by atoms with Gasteiger partial charge < -0.3 is 19.7 Å². The lowest BCUT2D eigenvalue weighted by Gasteiger charge is -2.36. The van der Waals surface area contributed by atoms with Crippen LogP contribution in [0.15, 0.2) is 42.5 Å². The molecule has 29 heavy (non-hydrogen) atoms. The van der Waals surface area contributed by atoms with Crippen molar-refractivity contribution in [1.29, 1.82) is 0 Å². The predicted molar refractivity (Wildman–Crippen MR) is 114 cm³/mol. The lowest BCUT2D eigenvalue weighted by atomic mass is 10.2. The number of aryl methyl sites for hydroxylation is 1. The summed E-state index contributed by atoms with van der Waals surface area (Å²) in [7, 11) is 1.66. The average molecular weight is 422 g/mol. The van der Waals surface area contributed by atoms with Crippen molar-refractivity contribution in [2.24, 2.45) is 0 Å². The fourth-order valence-electron chi connectivity index (χ4n) is 3.26. The second-order valence-corrected chi connectivity index (χ2v) is 7.31. The molecule has 3 rings (SSSR count). The number of alkyl halides is 2. The van der Waals surface area contributed by atoms with Crippen molar-refractivity contribution in [3.8, 4) is 11.5 Å². The summed E-state index contributed by atoms with van der Waals surface area (Å²) in [6, 6.07) is 13.2. The van der Waals surface area contributed by atoms with Gasteiger partial charge in [-0.2, -0.15) is 8.78 Å². The normalized spacial score (nSPS) is 14.7. The molecule has 1 aliphatic rings. The van der Waals surface area contributed by atoms with E-state index < -0.39 is 6.61 Å². The van der Waals surface area contributed by atoms with Gasteiger partial charge in [0.25, 0.3) is 0 Å². The first-order chi connectivity index (χ1) is 13.9. The predicted octanol–water partition coefficient (Wildman–Crippen LogP) is 4.12. The number of hydrogen-bond donors (Lipinski definition) is 1. The van der Waals surface area contributed by atoms with E-state index in [1.54, 1.807) is 19.2 Å². The maximum absolute atomic E-state index is 12.7. The van der Waals surface area contributed by atoms with Crippen LogP contribution >= 0.6 is 12.2 Å². The molecule has 0 amide bonds. The summed E-state index contributed by atoms with van der Waals surface area (Å²) in [6.45, 7) is 3.00. The SMILES string of the molecule is COc1cccc(CN2CCN(C(=S)Nc3ccc(C)cc3OC(F)F)CC2)c1. The molecule has 0 radical (unpaired) electrons. The zero-order valence-corrected chi connectivity index (χ0v) is 17.3. The third-order valence-electron chi connectivity index (χ3n) is 4.79. The third-order valence-corrected chi connectivity index (χ3v) is 5.15. The Morgan fingerprint density at radius 2 is 1.90 bits per heavy atom. The van der Waals surface area contributed by atoms with Gasteiger partial charge >= 0.3 is 6.61 Å². The molecule has 0 atom stereocenters. The monoisotopic (exact) mass is 421 g/mol. The summed E-state index contributed by atoms with van der Waals surface area (Å²) in [5, 5.41) is 3.56. The van der Waals surface area contributed by atoms with Crippen LogP contribution in [0.2, 0.25) is 0 Å². The Morgan fingerprint density at radius 1 is 1.14 bits per heavy atom. The molecular formula is C21H25F2N3O2S. The summed E-state index contributed by atoms with van der Waals surface area (Å²) >= 11 is 5.50. The van der Waals surface area contributed by atoms with E-state index in [1.807, 2.05) is 36.1 Å². The lowest BCUT2D eigenvalue weighted by molar-refractivity contribution is -0.0493. The number of methoxy groups -OCH3 is 1. The molecule has 0 aromatic heterocycles. The Balaban J connectivity index is 1.55. The summed E-state index contributed by atoms with van der Waals surface area (Å²) in [4.78, 5) is 4.40. The van der Waals surface area contributed by atoms with Gasteiger partial charge in [-0.15, -0.1) is 0 Å². The summed E-state index contributed by atoms with van der Waals surface area (Å²) in [5.41, 5.74) is 2.48. The van der Waals surface area contributed by atoms with Crippen LogP contribution in [0.5, 0.6) is 11.5 Å². The lowest BCUT2D eigenvalue weighted by Crippen LogP contribution is -2.49. The molecule has 1 saturated heterocycles. The first-order valence-electron chi connectivity index (χ1n) is 9.41. The number of anilines is 1. The minimum atomic E-state index is -2.88. The number of benzene rings is 2. The first kappa shape index (κ1) is 21.3.